The SMILES string of the molecule is CN(C)S(=O)(=O)CCNc1cc(F)c(I)cc1[N+](=O)[O-]. The molecule has 0 saturated heterocycles. The summed E-state index contributed by atoms with van der Waals surface area (Å²) in [4.78, 5) is 10.2. The third kappa shape index (κ3) is 4.24. The first kappa shape index (κ1) is 17.0. The van der Waals surface area contributed by atoms with Gasteiger partial charge in [-0.1, -0.05) is 0 Å². The molecule has 0 radical (unpaired) electrons. The molecule has 1 rings (SSSR count). The van der Waals surface area contributed by atoms with Crippen molar-refractivity contribution < 1.29 is 17.7 Å². The molecule has 112 valence electrons. The van der Waals surface area contributed by atoms with Crippen LogP contribution in [0.1, 0.15) is 0 Å². The minimum atomic E-state index is -3.41. The van der Waals surface area contributed by atoms with Gasteiger partial charge in [-0.25, -0.2) is 17.1 Å². The Labute approximate surface area is 129 Å². The molecule has 20 heavy (non-hydrogen) atoms. The number of nitro groups is 1. The Balaban J connectivity index is 2.88. The molecule has 0 aliphatic heterocycles. The summed E-state index contributed by atoms with van der Waals surface area (Å²) in [7, 11) is -0.632. The monoisotopic (exact) mass is 417 g/mol. The number of halogens is 2. The lowest BCUT2D eigenvalue weighted by Gasteiger charge is -2.12. The van der Waals surface area contributed by atoms with Gasteiger partial charge in [0.1, 0.15) is 11.5 Å². The van der Waals surface area contributed by atoms with Gasteiger partial charge in [-0.15, -0.1) is 0 Å². The molecule has 0 fully saturated rings. The third-order valence-electron chi connectivity index (χ3n) is 2.47. The van der Waals surface area contributed by atoms with Crippen LogP contribution in [0.3, 0.4) is 0 Å². The number of nitrogens with one attached hydrogen (secondary N) is 1. The molecule has 0 heterocycles. The molecule has 1 N–H and O–H groups in total. The Bertz CT molecular complexity index is 621. The van der Waals surface area contributed by atoms with Crippen LogP contribution in [-0.2, 0) is 10.0 Å². The summed E-state index contributed by atoms with van der Waals surface area (Å²) in [6, 6.07) is 2.08. The molecule has 0 atom stereocenters. The van der Waals surface area contributed by atoms with Crippen LogP contribution in [0.5, 0.6) is 0 Å². The molecule has 0 spiro atoms. The summed E-state index contributed by atoms with van der Waals surface area (Å²) < 4.78 is 37.7. The number of nitro benzene ring substituents is 1. The second-order valence-corrected chi connectivity index (χ2v) is 7.53. The van der Waals surface area contributed by atoms with Crippen molar-refractivity contribution in [2.75, 3.05) is 31.7 Å². The van der Waals surface area contributed by atoms with Crippen molar-refractivity contribution in [1.29, 1.82) is 0 Å². The Morgan fingerprint density at radius 2 is 2.05 bits per heavy atom. The van der Waals surface area contributed by atoms with Crippen LogP contribution in [-0.4, -0.2) is 44.0 Å². The third-order valence-corrected chi connectivity index (χ3v) is 5.13. The van der Waals surface area contributed by atoms with Crippen molar-refractivity contribution in [2.45, 2.75) is 0 Å². The predicted molar refractivity (Wildman–Crippen MR) is 81.7 cm³/mol. The molecular weight excluding hydrogens is 404 g/mol. The second-order valence-electron chi connectivity index (χ2n) is 4.07. The summed E-state index contributed by atoms with van der Waals surface area (Å²) in [5.74, 6) is -0.848. The van der Waals surface area contributed by atoms with E-state index in [1.54, 1.807) is 22.6 Å². The fraction of sp³-hybridized carbons (Fsp3) is 0.400. The van der Waals surface area contributed by atoms with Crippen LogP contribution in [0.25, 0.3) is 0 Å². The van der Waals surface area contributed by atoms with E-state index in [0.717, 1.165) is 16.4 Å². The lowest BCUT2D eigenvalue weighted by Crippen LogP contribution is -2.28. The summed E-state index contributed by atoms with van der Waals surface area (Å²) in [5.41, 5.74) is -0.333. The van der Waals surface area contributed by atoms with Gasteiger partial charge in [0.25, 0.3) is 5.69 Å². The van der Waals surface area contributed by atoms with Gasteiger partial charge in [0.15, 0.2) is 0 Å². The zero-order valence-electron chi connectivity index (χ0n) is 10.8. The summed E-state index contributed by atoms with van der Waals surface area (Å²) >= 11 is 1.65. The topological polar surface area (TPSA) is 92.6 Å². The van der Waals surface area contributed by atoms with Crippen LogP contribution in [0.4, 0.5) is 15.8 Å². The molecule has 10 heteroatoms. The smallest absolute Gasteiger partial charge is 0.293 e. The highest BCUT2D eigenvalue weighted by molar-refractivity contribution is 14.1. The van der Waals surface area contributed by atoms with E-state index in [9.17, 15) is 22.9 Å². The van der Waals surface area contributed by atoms with Gasteiger partial charge < -0.3 is 5.32 Å². The average Bonchev–Trinajstić information content (AvgIpc) is 2.32. The van der Waals surface area contributed by atoms with Crippen molar-refractivity contribution in [3.8, 4) is 0 Å². The lowest BCUT2D eigenvalue weighted by atomic mass is 10.2. The molecule has 1 aromatic carbocycles. The number of nitrogens with zero attached hydrogens (tertiary/aromatic N) is 2. The Kier molecular flexibility index (Phi) is 5.65. The van der Waals surface area contributed by atoms with Gasteiger partial charge in [0.05, 0.1) is 14.2 Å². The highest BCUT2D eigenvalue weighted by Gasteiger charge is 2.19. The summed E-state index contributed by atoms with van der Waals surface area (Å²) in [6.07, 6.45) is 0. The summed E-state index contributed by atoms with van der Waals surface area (Å²) in [5, 5.41) is 13.4. The molecule has 0 saturated carbocycles. The number of benzene rings is 1. The van der Waals surface area contributed by atoms with Crippen molar-refractivity contribution in [1.82, 2.24) is 4.31 Å². The van der Waals surface area contributed by atoms with E-state index in [1.807, 2.05) is 0 Å². The van der Waals surface area contributed by atoms with Crippen LogP contribution in [0.2, 0.25) is 0 Å². The molecular formula is C10H13FIN3O4S. The number of hydrogen-bond donors (Lipinski definition) is 1. The number of anilines is 1. The van der Waals surface area contributed by atoms with Crippen molar-refractivity contribution in [2.24, 2.45) is 0 Å². The van der Waals surface area contributed by atoms with E-state index < -0.39 is 20.8 Å². The molecule has 0 amide bonds. The van der Waals surface area contributed by atoms with Gasteiger partial charge in [-0.3, -0.25) is 10.1 Å². The van der Waals surface area contributed by atoms with Crippen LogP contribution >= 0.6 is 22.6 Å². The molecule has 0 unspecified atom stereocenters. The maximum atomic E-state index is 13.4. The standard InChI is InChI=1S/C10H13FIN3O4S/c1-14(2)20(18,19)4-3-13-9-5-7(11)8(12)6-10(9)15(16)17/h5-6,13H,3-4H2,1-2H3. The van der Waals surface area contributed by atoms with E-state index in [-0.39, 0.29) is 27.2 Å². The molecule has 0 aliphatic carbocycles. The molecule has 0 bridgehead atoms. The van der Waals surface area contributed by atoms with Crippen molar-refractivity contribution in [3.05, 3.63) is 31.6 Å². The van der Waals surface area contributed by atoms with Crippen LogP contribution < -0.4 is 5.32 Å². The molecule has 7 nitrogen and oxygen atoms in total. The zero-order valence-corrected chi connectivity index (χ0v) is 13.7. The number of hydrogen-bond acceptors (Lipinski definition) is 5. The van der Waals surface area contributed by atoms with Crippen molar-refractivity contribution >= 4 is 44.0 Å². The second kappa shape index (κ2) is 6.63. The highest BCUT2D eigenvalue weighted by Crippen LogP contribution is 2.28. The molecule has 0 aliphatic rings. The first-order valence-electron chi connectivity index (χ1n) is 5.42. The first-order chi connectivity index (χ1) is 9.15. The number of sulfonamides is 1. The fourth-order valence-corrected chi connectivity index (χ4v) is 2.50. The van der Waals surface area contributed by atoms with Crippen LogP contribution in [0, 0.1) is 19.5 Å². The highest BCUT2D eigenvalue weighted by atomic mass is 127. The van der Waals surface area contributed by atoms with Gasteiger partial charge in [0, 0.05) is 32.8 Å². The van der Waals surface area contributed by atoms with E-state index in [2.05, 4.69) is 5.32 Å². The zero-order chi connectivity index (χ0) is 15.5. The Hall–Kier alpha value is -1.01. The Morgan fingerprint density at radius 1 is 1.45 bits per heavy atom. The average molecular weight is 417 g/mol. The van der Waals surface area contributed by atoms with Gasteiger partial charge in [0.2, 0.25) is 10.0 Å². The van der Waals surface area contributed by atoms with Gasteiger partial charge in [-0.2, -0.15) is 0 Å². The van der Waals surface area contributed by atoms with E-state index >= 15 is 0 Å². The number of rotatable bonds is 6. The maximum absolute atomic E-state index is 13.4. The Morgan fingerprint density at radius 3 is 2.55 bits per heavy atom. The quantitative estimate of drug-likeness (QED) is 0.432. The van der Waals surface area contributed by atoms with E-state index in [4.69, 9.17) is 0 Å². The van der Waals surface area contributed by atoms with Crippen LogP contribution in [0.15, 0.2) is 12.1 Å². The fourth-order valence-electron chi connectivity index (χ4n) is 1.33. The predicted octanol–water partition coefficient (Wildman–Crippen LogP) is 1.64. The van der Waals surface area contributed by atoms with Gasteiger partial charge in [-0.05, 0) is 22.6 Å². The van der Waals surface area contributed by atoms with E-state index in [1.165, 1.54) is 14.1 Å². The first-order valence-corrected chi connectivity index (χ1v) is 8.11. The normalized spacial score (nSPS) is 11.7. The van der Waals surface area contributed by atoms with Crippen molar-refractivity contribution in [3.63, 3.8) is 0 Å². The largest absolute Gasteiger partial charge is 0.378 e. The lowest BCUT2D eigenvalue weighted by molar-refractivity contribution is -0.384. The maximum Gasteiger partial charge on any atom is 0.293 e. The minimum Gasteiger partial charge on any atom is -0.378 e. The minimum absolute atomic E-state index is 0.0399. The molecule has 0 aromatic heterocycles. The van der Waals surface area contributed by atoms with Gasteiger partial charge >= 0.3 is 0 Å². The summed E-state index contributed by atoms with van der Waals surface area (Å²) in [6.45, 7) is -0.0542. The molecule has 1 aromatic rings. The van der Waals surface area contributed by atoms with E-state index in [0.29, 0.717) is 0 Å².